The van der Waals surface area contributed by atoms with E-state index in [0.717, 1.165) is 41.0 Å². The summed E-state index contributed by atoms with van der Waals surface area (Å²) in [5, 5.41) is 4.39. The summed E-state index contributed by atoms with van der Waals surface area (Å²) in [7, 11) is 3.30. The maximum atomic E-state index is 13.3. The van der Waals surface area contributed by atoms with Gasteiger partial charge in [-0.25, -0.2) is 0 Å². The van der Waals surface area contributed by atoms with Crippen LogP contribution in [0.2, 0.25) is 0 Å². The average Bonchev–Trinajstić information content (AvgIpc) is 3.21. The molecule has 2 aliphatic rings. The van der Waals surface area contributed by atoms with Crippen molar-refractivity contribution in [3.8, 4) is 11.5 Å². The van der Waals surface area contributed by atoms with E-state index in [9.17, 15) is 4.79 Å². The summed E-state index contributed by atoms with van der Waals surface area (Å²) in [6, 6.07) is 14.5. The van der Waals surface area contributed by atoms with Crippen LogP contribution in [0.15, 0.2) is 42.5 Å². The number of hydrogen-bond acceptors (Lipinski definition) is 5. The lowest BCUT2D eigenvalue weighted by molar-refractivity contribution is 0.0925. The highest BCUT2D eigenvalue weighted by Crippen LogP contribution is 2.46. The number of thiophene rings is 1. The molecule has 1 aromatic heterocycles. The third kappa shape index (κ3) is 3.62. The molecule has 1 aliphatic carbocycles. The molecule has 1 aliphatic heterocycles. The Balaban J connectivity index is 1.60. The molecule has 5 nitrogen and oxygen atoms in total. The zero-order valence-corrected chi connectivity index (χ0v) is 19.6. The van der Waals surface area contributed by atoms with E-state index >= 15 is 0 Å². The van der Waals surface area contributed by atoms with Crippen LogP contribution in [0.1, 0.15) is 56.5 Å². The predicted molar refractivity (Wildman–Crippen MR) is 128 cm³/mol. The Hall–Kier alpha value is -2.99. The molecule has 2 heterocycles. The number of carbonyl (C=O) groups excluding carboxylic acids is 1. The Morgan fingerprint density at radius 2 is 1.78 bits per heavy atom. The first-order valence-corrected chi connectivity index (χ1v) is 11.9. The summed E-state index contributed by atoms with van der Waals surface area (Å²) >= 11 is 1.80. The molecule has 1 amide bonds. The van der Waals surface area contributed by atoms with Crippen molar-refractivity contribution >= 4 is 22.2 Å². The summed E-state index contributed by atoms with van der Waals surface area (Å²) in [6.07, 6.45) is 4.20. The Kier molecular flexibility index (Phi) is 5.55. The summed E-state index contributed by atoms with van der Waals surface area (Å²) < 4.78 is 10.9. The molecular formula is C26H28N2O3S. The fourth-order valence-electron chi connectivity index (χ4n) is 4.73. The van der Waals surface area contributed by atoms with Gasteiger partial charge in [-0.15, -0.1) is 11.3 Å². The molecule has 0 spiro atoms. The first kappa shape index (κ1) is 20.9. The van der Waals surface area contributed by atoms with E-state index in [1.807, 2.05) is 12.1 Å². The van der Waals surface area contributed by atoms with E-state index in [4.69, 9.17) is 9.47 Å². The first-order valence-electron chi connectivity index (χ1n) is 11.1. The topological polar surface area (TPSA) is 50.8 Å². The van der Waals surface area contributed by atoms with Gasteiger partial charge < -0.3 is 19.7 Å². The summed E-state index contributed by atoms with van der Waals surface area (Å²) in [5.74, 6) is 1.47. The van der Waals surface area contributed by atoms with E-state index in [1.165, 1.54) is 22.4 Å². The molecule has 2 aromatic carbocycles. The number of amides is 1. The van der Waals surface area contributed by atoms with Crippen LogP contribution in [0, 0.1) is 6.92 Å². The van der Waals surface area contributed by atoms with E-state index in [1.54, 1.807) is 25.6 Å². The van der Waals surface area contributed by atoms with Crippen LogP contribution in [-0.2, 0) is 19.4 Å². The molecule has 166 valence electrons. The van der Waals surface area contributed by atoms with Crippen molar-refractivity contribution in [3.63, 3.8) is 0 Å². The number of hydrogen-bond donors (Lipinski definition) is 1. The molecular weight excluding hydrogens is 420 g/mol. The minimum atomic E-state index is -0.219. The van der Waals surface area contributed by atoms with Gasteiger partial charge >= 0.3 is 0 Å². The second-order valence-corrected chi connectivity index (χ2v) is 9.58. The number of fused-ring (bicyclic) bond motifs is 3. The standard InChI is InChI=1S/C26H28N2O3S/c1-16-8-11-18(12-9-16)24-27-25(29)23-19-6-4-5-7-22(19)32-26(23)28(24)15-17-10-13-20(30-2)21(14-17)31-3/h8-14,24H,4-7,15H2,1-3H3,(H,27,29)/t24-/m1/s1. The van der Waals surface area contributed by atoms with E-state index in [2.05, 4.69) is 47.5 Å². The Labute approximate surface area is 193 Å². The summed E-state index contributed by atoms with van der Waals surface area (Å²) in [6.45, 7) is 2.74. The van der Waals surface area contributed by atoms with Gasteiger partial charge in [0, 0.05) is 11.4 Å². The minimum absolute atomic E-state index is 0.0496. The lowest BCUT2D eigenvalue weighted by atomic mass is 9.94. The van der Waals surface area contributed by atoms with Crippen LogP contribution in [0.4, 0.5) is 5.00 Å². The third-order valence-corrected chi connectivity index (χ3v) is 7.74. The van der Waals surface area contributed by atoms with Gasteiger partial charge in [-0.05, 0) is 61.4 Å². The van der Waals surface area contributed by atoms with Crippen LogP contribution >= 0.6 is 11.3 Å². The number of rotatable bonds is 5. The van der Waals surface area contributed by atoms with Crippen molar-refractivity contribution in [2.24, 2.45) is 0 Å². The first-order chi connectivity index (χ1) is 15.6. The van der Waals surface area contributed by atoms with Crippen molar-refractivity contribution in [3.05, 3.63) is 75.2 Å². The van der Waals surface area contributed by atoms with Crippen molar-refractivity contribution < 1.29 is 14.3 Å². The summed E-state index contributed by atoms with van der Waals surface area (Å²) in [4.78, 5) is 17.0. The van der Waals surface area contributed by atoms with Gasteiger partial charge in [-0.3, -0.25) is 4.79 Å². The van der Waals surface area contributed by atoms with Gasteiger partial charge in [0.25, 0.3) is 5.91 Å². The van der Waals surface area contributed by atoms with E-state index < -0.39 is 0 Å². The Morgan fingerprint density at radius 3 is 2.53 bits per heavy atom. The van der Waals surface area contributed by atoms with Gasteiger partial charge in [0.15, 0.2) is 11.5 Å². The Bertz CT molecular complexity index is 1150. The fraction of sp³-hybridized carbons (Fsp3) is 0.346. The van der Waals surface area contributed by atoms with Crippen molar-refractivity contribution in [2.75, 3.05) is 19.1 Å². The zero-order chi connectivity index (χ0) is 22.2. The molecule has 3 aromatic rings. The van der Waals surface area contributed by atoms with Gasteiger partial charge in [0.05, 0.1) is 19.8 Å². The fourth-order valence-corrected chi connectivity index (χ4v) is 6.14. The van der Waals surface area contributed by atoms with Crippen LogP contribution in [0.25, 0.3) is 0 Å². The van der Waals surface area contributed by atoms with Crippen LogP contribution in [0.5, 0.6) is 11.5 Å². The van der Waals surface area contributed by atoms with Crippen molar-refractivity contribution in [1.82, 2.24) is 5.32 Å². The molecule has 6 heteroatoms. The molecule has 5 rings (SSSR count). The molecule has 1 atom stereocenters. The van der Waals surface area contributed by atoms with Crippen LogP contribution < -0.4 is 19.7 Å². The molecule has 0 radical (unpaired) electrons. The number of aryl methyl sites for hydroxylation is 2. The molecule has 0 saturated carbocycles. The number of anilines is 1. The quantitative estimate of drug-likeness (QED) is 0.568. The minimum Gasteiger partial charge on any atom is -0.493 e. The van der Waals surface area contributed by atoms with Crippen LogP contribution in [0.3, 0.4) is 0 Å². The highest BCUT2D eigenvalue weighted by molar-refractivity contribution is 7.16. The van der Waals surface area contributed by atoms with E-state index in [-0.39, 0.29) is 12.1 Å². The maximum absolute atomic E-state index is 13.3. The number of nitrogens with one attached hydrogen (secondary N) is 1. The smallest absolute Gasteiger partial charge is 0.256 e. The molecule has 0 saturated heterocycles. The number of benzene rings is 2. The molecule has 32 heavy (non-hydrogen) atoms. The number of carbonyl (C=O) groups is 1. The lowest BCUT2D eigenvalue weighted by Gasteiger charge is -2.38. The van der Waals surface area contributed by atoms with Crippen LogP contribution in [-0.4, -0.2) is 20.1 Å². The second-order valence-electron chi connectivity index (χ2n) is 8.49. The monoisotopic (exact) mass is 448 g/mol. The number of ether oxygens (including phenoxy) is 2. The van der Waals surface area contributed by atoms with Gasteiger partial charge in [0.1, 0.15) is 11.2 Å². The normalized spacial score (nSPS) is 17.4. The largest absolute Gasteiger partial charge is 0.493 e. The van der Waals surface area contributed by atoms with Crippen molar-refractivity contribution in [1.29, 1.82) is 0 Å². The van der Waals surface area contributed by atoms with Gasteiger partial charge in [-0.1, -0.05) is 35.9 Å². The predicted octanol–water partition coefficient (Wildman–Crippen LogP) is 5.40. The van der Waals surface area contributed by atoms with Gasteiger partial charge in [-0.2, -0.15) is 0 Å². The Morgan fingerprint density at radius 1 is 1.03 bits per heavy atom. The molecule has 1 N–H and O–H groups in total. The highest BCUT2D eigenvalue weighted by atomic mass is 32.1. The molecule has 0 bridgehead atoms. The number of methoxy groups -OCH3 is 2. The average molecular weight is 449 g/mol. The van der Waals surface area contributed by atoms with Crippen molar-refractivity contribution in [2.45, 2.75) is 45.3 Å². The molecule has 0 unspecified atom stereocenters. The lowest BCUT2D eigenvalue weighted by Crippen LogP contribution is -2.45. The van der Waals surface area contributed by atoms with E-state index in [0.29, 0.717) is 18.0 Å². The molecule has 0 fully saturated rings. The second kappa shape index (κ2) is 8.51. The van der Waals surface area contributed by atoms with Gasteiger partial charge in [0.2, 0.25) is 0 Å². The maximum Gasteiger partial charge on any atom is 0.256 e. The SMILES string of the molecule is COc1ccc(CN2c3sc4c(c3C(=O)N[C@H]2c2ccc(C)cc2)CCCC4)cc1OC. The summed E-state index contributed by atoms with van der Waals surface area (Å²) in [5.41, 5.74) is 5.53. The highest BCUT2D eigenvalue weighted by Gasteiger charge is 2.37. The third-order valence-electron chi connectivity index (χ3n) is 6.41. The number of nitrogens with zero attached hydrogens (tertiary/aromatic N) is 1. The zero-order valence-electron chi connectivity index (χ0n) is 18.7.